The molecular weight excluding hydrogens is 440 g/mol. The Balaban J connectivity index is 1.45. The molecule has 0 aliphatic carbocycles. The van der Waals surface area contributed by atoms with Gasteiger partial charge >= 0.3 is 5.97 Å². The Labute approximate surface area is 198 Å². The highest BCUT2D eigenvalue weighted by atomic mass is 32.2. The lowest BCUT2D eigenvalue weighted by Gasteiger charge is -2.13. The monoisotopic (exact) mass is 470 g/mol. The summed E-state index contributed by atoms with van der Waals surface area (Å²) >= 11 is 1.55. The lowest BCUT2D eigenvalue weighted by molar-refractivity contribution is -0.126. The number of hydrogen-bond donors (Lipinski definition) is 2. The summed E-state index contributed by atoms with van der Waals surface area (Å²) in [5.74, 6) is -0.697. The number of aryl methyl sites for hydroxylation is 3. The van der Waals surface area contributed by atoms with Gasteiger partial charge in [0.05, 0.1) is 18.2 Å². The highest BCUT2D eigenvalue weighted by Gasteiger charge is 2.19. The summed E-state index contributed by atoms with van der Waals surface area (Å²) in [6.07, 6.45) is 2.28. The summed E-state index contributed by atoms with van der Waals surface area (Å²) in [5, 5.41) is 5.31. The van der Waals surface area contributed by atoms with Crippen LogP contribution in [0.3, 0.4) is 0 Å². The van der Waals surface area contributed by atoms with E-state index in [0.717, 1.165) is 52.5 Å². The Morgan fingerprint density at radius 2 is 1.82 bits per heavy atom. The first-order chi connectivity index (χ1) is 15.8. The van der Waals surface area contributed by atoms with Crippen LogP contribution in [-0.2, 0) is 19.1 Å². The molecule has 2 aromatic rings. The molecule has 1 unspecified atom stereocenters. The van der Waals surface area contributed by atoms with E-state index in [-0.39, 0.29) is 18.6 Å². The SMILES string of the molecule is Cc1cc(C)c(NC(=O)CNC(=O)COC(=O)c2ccccc2SCC2CCCO2)c(C)c1. The number of hydrogen-bond acceptors (Lipinski definition) is 6. The van der Waals surface area contributed by atoms with Crippen LogP contribution in [0, 0.1) is 20.8 Å². The van der Waals surface area contributed by atoms with Crippen molar-refractivity contribution >= 4 is 35.2 Å². The second kappa shape index (κ2) is 11.9. The molecule has 8 heteroatoms. The second-order valence-electron chi connectivity index (χ2n) is 8.12. The van der Waals surface area contributed by atoms with Crippen molar-refractivity contribution < 1.29 is 23.9 Å². The smallest absolute Gasteiger partial charge is 0.339 e. The largest absolute Gasteiger partial charge is 0.452 e. The molecule has 3 rings (SSSR count). The third-order valence-electron chi connectivity index (χ3n) is 5.28. The predicted molar refractivity (Wildman–Crippen MR) is 129 cm³/mol. The first kappa shape index (κ1) is 24.8. The number of benzene rings is 2. The minimum absolute atomic E-state index is 0.198. The summed E-state index contributed by atoms with van der Waals surface area (Å²) in [6, 6.07) is 11.1. The highest BCUT2D eigenvalue weighted by Crippen LogP contribution is 2.27. The zero-order valence-corrected chi connectivity index (χ0v) is 20.1. The number of anilines is 1. The number of amides is 2. The number of rotatable bonds is 9. The van der Waals surface area contributed by atoms with Crippen LogP contribution in [-0.4, -0.2) is 49.4 Å². The van der Waals surface area contributed by atoms with Crippen molar-refractivity contribution in [3.05, 3.63) is 58.7 Å². The zero-order valence-electron chi connectivity index (χ0n) is 19.2. The molecule has 1 atom stereocenters. The molecule has 2 amide bonds. The summed E-state index contributed by atoms with van der Waals surface area (Å²) in [6.45, 7) is 5.95. The standard InChI is InChI=1S/C25H30N2O5S/c1-16-11-17(2)24(18(3)12-16)27-22(28)13-26-23(29)14-32-25(30)20-8-4-5-9-21(20)33-15-19-7-6-10-31-19/h4-5,8-9,11-12,19H,6-7,10,13-15H2,1-3H3,(H,26,29)(H,27,28). The van der Waals surface area contributed by atoms with Gasteiger partial charge in [-0.15, -0.1) is 11.8 Å². The molecule has 1 saturated heterocycles. The van der Waals surface area contributed by atoms with Crippen molar-refractivity contribution in [2.24, 2.45) is 0 Å². The maximum atomic E-state index is 12.5. The number of ether oxygens (including phenoxy) is 2. The fourth-order valence-corrected chi connectivity index (χ4v) is 4.83. The molecule has 7 nitrogen and oxygen atoms in total. The first-order valence-corrected chi connectivity index (χ1v) is 12.0. The average Bonchev–Trinajstić information content (AvgIpc) is 3.31. The minimum atomic E-state index is -0.573. The van der Waals surface area contributed by atoms with Crippen LogP contribution >= 0.6 is 11.8 Å². The van der Waals surface area contributed by atoms with Crippen molar-refractivity contribution in [1.29, 1.82) is 0 Å². The van der Waals surface area contributed by atoms with Gasteiger partial charge in [-0.25, -0.2) is 4.79 Å². The number of thioether (sulfide) groups is 1. The Bertz CT molecular complexity index is 995. The molecule has 1 aliphatic rings. The van der Waals surface area contributed by atoms with E-state index in [2.05, 4.69) is 10.6 Å². The van der Waals surface area contributed by atoms with Crippen molar-refractivity contribution in [2.45, 2.75) is 44.6 Å². The number of carbonyl (C=O) groups is 3. The quantitative estimate of drug-likeness (QED) is 0.428. The molecule has 0 spiro atoms. The average molecular weight is 471 g/mol. The van der Waals surface area contributed by atoms with Crippen LogP contribution in [0.5, 0.6) is 0 Å². The van der Waals surface area contributed by atoms with E-state index in [1.54, 1.807) is 23.9 Å². The number of esters is 1. The van der Waals surface area contributed by atoms with E-state index in [9.17, 15) is 14.4 Å². The molecule has 0 saturated carbocycles. The fourth-order valence-electron chi connectivity index (χ4n) is 3.72. The van der Waals surface area contributed by atoms with E-state index >= 15 is 0 Å². The van der Waals surface area contributed by atoms with Crippen molar-refractivity contribution in [1.82, 2.24) is 5.32 Å². The Morgan fingerprint density at radius 1 is 1.09 bits per heavy atom. The van der Waals surface area contributed by atoms with Gasteiger partial charge in [0.15, 0.2) is 6.61 Å². The van der Waals surface area contributed by atoms with Crippen molar-refractivity contribution in [2.75, 3.05) is 30.8 Å². The highest BCUT2D eigenvalue weighted by molar-refractivity contribution is 7.99. The molecule has 2 aromatic carbocycles. The predicted octanol–water partition coefficient (Wildman–Crippen LogP) is 3.79. The van der Waals surface area contributed by atoms with Crippen LogP contribution in [0.1, 0.15) is 39.9 Å². The minimum Gasteiger partial charge on any atom is -0.452 e. The van der Waals surface area contributed by atoms with E-state index in [1.165, 1.54) is 0 Å². The number of carbonyl (C=O) groups excluding carboxylic acids is 3. The van der Waals surface area contributed by atoms with Crippen LogP contribution in [0.15, 0.2) is 41.3 Å². The lowest BCUT2D eigenvalue weighted by Crippen LogP contribution is -2.35. The maximum absolute atomic E-state index is 12.5. The normalized spacial score (nSPS) is 15.2. The third-order valence-corrected chi connectivity index (χ3v) is 6.48. The Hall–Kier alpha value is -2.84. The van der Waals surface area contributed by atoms with Crippen LogP contribution in [0.4, 0.5) is 5.69 Å². The van der Waals surface area contributed by atoms with Gasteiger partial charge < -0.3 is 20.1 Å². The van der Waals surface area contributed by atoms with Crippen LogP contribution < -0.4 is 10.6 Å². The fraction of sp³-hybridized carbons (Fsp3) is 0.400. The van der Waals surface area contributed by atoms with Gasteiger partial charge in [0, 0.05) is 22.9 Å². The maximum Gasteiger partial charge on any atom is 0.339 e. The van der Waals surface area contributed by atoms with Gasteiger partial charge in [0.2, 0.25) is 5.91 Å². The van der Waals surface area contributed by atoms with Gasteiger partial charge in [0.1, 0.15) is 0 Å². The summed E-state index contributed by atoms with van der Waals surface area (Å²) < 4.78 is 10.8. The van der Waals surface area contributed by atoms with Gasteiger partial charge in [-0.2, -0.15) is 0 Å². The van der Waals surface area contributed by atoms with Crippen LogP contribution in [0.25, 0.3) is 0 Å². The van der Waals surface area contributed by atoms with Gasteiger partial charge in [-0.3, -0.25) is 9.59 Å². The van der Waals surface area contributed by atoms with Gasteiger partial charge in [-0.05, 0) is 56.9 Å². The van der Waals surface area contributed by atoms with Crippen molar-refractivity contribution in [3.8, 4) is 0 Å². The Kier molecular flexibility index (Phi) is 8.91. The molecule has 1 fully saturated rings. The third kappa shape index (κ3) is 7.33. The van der Waals surface area contributed by atoms with E-state index < -0.39 is 18.5 Å². The molecule has 33 heavy (non-hydrogen) atoms. The molecule has 0 bridgehead atoms. The zero-order chi connectivity index (χ0) is 23.8. The van der Waals surface area contributed by atoms with E-state index in [4.69, 9.17) is 9.47 Å². The molecule has 176 valence electrons. The Morgan fingerprint density at radius 3 is 2.52 bits per heavy atom. The van der Waals surface area contributed by atoms with E-state index in [0.29, 0.717) is 5.56 Å². The summed E-state index contributed by atoms with van der Waals surface area (Å²) in [4.78, 5) is 37.7. The van der Waals surface area contributed by atoms with Crippen molar-refractivity contribution in [3.63, 3.8) is 0 Å². The molecule has 0 aromatic heterocycles. The number of nitrogens with one attached hydrogen (secondary N) is 2. The van der Waals surface area contributed by atoms with Gasteiger partial charge in [-0.1, -0.05) is 29.8 Å². The first-order valence-electron chi connectivity index (χ1n) is 11.0. The summed E-state index contributed by atoms with van der Waals surface area (Å²) in [5.41, 5.74) is 4.18. The molecule has 0 radical (unpaired) electrons. The molecule has 2 N–H and O–H groups in total. The van der Waals surface area contributed by atoms with Crippen LogP contribution in [0.2, 0.25) is 0 Å². The summed E-state index contributed by atoms with van der Waals surface area (Å²) in [7, 11) is 0. The van der Waals surface area contributed by atoms with E-state index in [1.807, 2.05) is 45.0 Å². The molecule has 1 aliphatic heterocycles. The molecular formula is C25H30N2O5S. The topological polar surface area (TPSA) is 93.7 Å². The lowest BCUT2D eigenvalue weighted by atomic mass is 10.1. The second-order valence-corrected chi connectivity index (χ2v) is 9.18. The molecule has 1 heterocycles. The van der Waals surface area contributed by atoms with Gasteiger partial charge in [0.25, 0.3) is 5.91 Å².